The first-order chi connectivity index (χ1) is 15.9. The Labute approximate surface area is 191 Å². The SMILES string of the molecule is O=C(Nc1ccc(C(=O)N[C@H]2CC=CC[C@@H]3CC[C@@H](C(=O)O)N3C2=O)cc1)c1ccccc1. The number of anilines is 1. The lowest BCUT2D eigenvalue weighted by molar-refractivity contribution is -0.150. The monoisotopic (exact) mass is 447 g/mol. The van der Waals surface area contributed by atoms with Crippen molar-refractivity contribution < 1.29 is 24.3 Å². The van der Waals surface area contributed by atoms with Crippen molar-refractivity contribution in [1.29, 1.82) is 0 Å². The van der Waals surface area contributed by atoms with E-state index >= 15 is 0 Å². The third-order valence-electron chi connectivity index (χ3n) is 6.03. The molecule has 2 aliphatic heterocycles. The normalized spacial score (nSPS) is 22.1. The molecule has 0 bridgehead atoms. The molecule has 1 fully saturated rings. The molecule has 0 aromatic heterocycles. The highest BCUT2D eigenvalue weighted by molar-refractivity contribution is 6.04. The number of aliphatic carboxylic acids is 1. The molecule has 8 nitrogen and oxygen atoms in total. The molecule has 2 aromatic carbocycles. The van der Waals surface area contributed by atoms with Crippen LogP contribution in [0.3, 0.4) is 0 Å². The zero-order valence-electron chi connectivity index (χ0n) is 17.9. The van der Waals surface area contributed by atoms with E-state index in [2.05, 4.69) is 10.6 Å². The number of benzene rings is 2. The number of carboxylic acids is 1. The number of hydrogen-bond donors (Lipinski definition) is 3. The fraction of sp³-hybridized carbons (Fsp3) is 0.280. The second-order valence-electron chi connectivity index (χ2n) is 8.20. The summed E-state index contributed by atoms with van der Waals surface area (Å²) in [6, 6.07) is 13.3. The first kappa shape index (κ1) is 22.3. The number of amides is 3. The number of rotatable bonds is 5. The minimum atomic E-state index is -1.02. The topological polar surface area (TPSA) is 116 Å². The molecular weight excluding hydrogens is 422 g/mol. The van der Waals surface area contributed by atoms with Crippen LogP contribution >= 0.6 is 0 Å². The van der Waals surface area contributed by atoms with E-state index in [1.54, 1.807) is 48.5 Å². The molecule has 2 aliphatic rings. The van der Waals surface area contributed by atoms with Gasteiger partial charge < -0.3 is 20.6 Å². The van der Waals surface area contributed by atoms with Gasteiger partial charge in [0.25, 0.3) is 11.8 Å². The summed E-state index contributed by atoms with van der Waals surface area (Å²) in [7, 11) is 0. The average Bonchev–Trinajstić information content (AvgIpc) is 3.24. The van der Waals surface area contributed by atoms with Crippen molar-refractivity contribution in [3.8, 4) is 0 Å². The second kappa shape index (κ2) is 9.68. The number of carbonyl (C=O) groups excluding carboxylic acids is 3. The Bertz CT molecular complexity index is 1080. The van der Waals surface area contributed by atoms with Crippen LogP contribution in [0.1, 0.15) is 46.4 Å². The quantitative estimate of drug-likeness (QED) is 0.610. The predicted molar refractivity (Wildman–Crippen MR) is 122 cm³/mol. The summed E-state index contributed by atoms with van der Waals surface area (Å²) in [6.45, 7) is 0. The minimum absolute atomic E-state index is 0.165. The van der Waals surface area contributed by atoms with Crippen LogP contribution in [0, 0.1) is 0 Å². The van der Waals surface area contributed by atoms with Crippen LogP contribution in [0.15, 0.2) is 66.7 Å². The molecule has 2 heterocycles. The number of hydrogen-bond acceptors (Lipinski definition) is 4. The first-order valence-corrected chi connectivity index (χ1v) is 10.9. The highest BCUT2D eigenvalue weighted by Gasteiger charge is 2.43. The van der Waals surface area contributed by atoms with Crippen molar-refractivity contribution >= 4 is 29.4 Å². The van der Waals surface area contributed by atoms with Crippen molar-refractivity contribution in [3.63, 3.8) is 0 Å². The molecule has 0 radical (unpaired) electrons. The van der Waals surface area contributed by atoms with Crippen LogP contribution in [0.25, 0.3) is 0 Å². The van der Waals surface area contributed by atoms with Gasteiger partial charge in [0.15, 0.2) is 0 Å². The van der Waals surface area contributed by atoms with E-state index in [0.717, 1.165) is 0 Å². The zero-order chi connectivity index (χ0) is 23.4. The summed E-state index contributed by atoms with van der Waals surface area (Å²) < 4.78 is 0. The van der Waals surface area contributed by atoms with E-state index in [9.17, 15) is 24.3 Å². The molecule has 0 unspecified atom stereocenters. The molecule has 2 aromatic rings. The molecule has 170 valence electrons. The van der Waals surface area contributed by atoms with Crippen molar-refractivity contribution in [2.24, 2.45) is 0 Å². The number of nitrogens with zero attached hydrogens (tertiary/aromatic N) is 1. The first-order valence-electron chi connectivity index (χ1n) is 10.9. The smallest absolute Gasteiger partial charge is 0.326 e. The van der Waals surface area contributed by atoms with E-state index in [4.69, 9.17) is 0 Å². The summed E-state index contributed by atoms with van der Waals surface area (Å²) in [6.07, 6.45) is 5.76. The van der Waals surface area contributed by atoms with E-state index in [1.807, 2.05) is 18.2 Å². The van der Waals surface area contributed by atoms with Gasteiger partial charge in [-0.15, -0.1) is 0 Å². The van der Waals surface area contributed by atoms with Gasteiger partial charge in [-0.3, -0.25) is 14.4 Å². The number of carbonyl (C=O) groups is 4. The van der Waals surface area contributed by atoms with E-state index in [1.165, 1.54) is 4.90 Å². The molecular formula is C25H25N3O5. The summed E-state index contributed by atoms with van der Waals surface area (Å²) in [5, 5.41) is 15.0. The standard InChI is InChI=1S/C25H25N3O5/c29-22(16-6-2-1-3-7-16)26-18-12-10-17(11-13-18)23(30)27-20-9-5-4-8-19-14-15-21(25(32)33)28(19)24(20)31/h1-7,10-13,19-21H,8-9,14-15H2,(H,26,29)(H,27,30)(H,32,33)/t19-,20+,21+/m1/s1. The Hall–Kier alpha value is -3.94. The van der Waals surface area contributed by atoms with Crippen LogP contribution in [0.2, 0.25) is 0 Å². The van der Waals surface area contributed by atoms with Crippen LogP contribution in [0.5, 0.6) is 0 Å². The van der Waals surface area contributed by atoms with Crippen molar-refractivity contribution in [1.82, 2.24) is 10.2 Å². The maximum absolute atomic E-state index is 13.1. The summed E-state index contributed by atoms with van der Waals surface area (Å²) in [4.78, 5) is 51.3. The highest BCUT2D eigenvalue weighted by atomic mass is 16.4. The Morgan fingerprint density at radius 1 is 0.848 bits per heavy atom. The van der Waals surface area contributed by atoms with Crippen LogP contribution in [0.4, 0.5) is 5.69 Å². The van der Waals surface area contributed by atoms with Crippen molar-refractivity contribution in [2.45, 2.75) is 43.8 Å². The van der Waals surface area contributed by atoms with E-state index in [0.29, 0.717) is 42.5 Å². The number of fused-ring (bicyclic) bond motifs is 1. The lowest BCUT2D eigenvalue weighted by atomic mass is 10.0. The Morgan fingerprint density at radius 2 is 1.52 bits per heavy atom. The van der Waals surface area contributed by atoms with Crippen LogP contribution < -0.4 is 10.6 Å². The Morgan fingerprint density at radius 3 is 2.21 bits per heavy atom. The fourth-order valence-corrected chi connectivity index (χ4v) is 4.32. The molecule has 3 atom stereocenters. The van der Waals surface area contributed by atoms with Gasteiger partial charge in [0.05, 0.1) is 0 Å². The third kappa shape index (κ3) is 4.95. The lowest BCUT2D eigenvalue weighted by Crippen LogP contribution is -2.54. The average molecular weight is 447 g/mol. The van der Waals surface area contributed by atoms with E-state index in [-0.39, 0.29) is 17.9 Å². The van der Waals surface area contributed by atoms with Gasteiger partial charge >= 0.3 is 5.97 Å². The van der Waals surface area contributed by atoms with Crippen LogP contribution in [-0.4, -0.2) is 51.8 Å². The summed E-state index contributed by atoms with van der Waals surface area (Å²) >= 11 is 0. The second-order valence-corrected chi connectivity index (χ2v) is 8.20. The number of carboxylic acid groups (broad SMARTS) is 1. The maximum atomic E-state index is 13.1. The maximum Gasteiger partial charge on any atom is 0.326 e. The summed E-state index contributed by atoms with van der Waals surface area (Å²) in [5.74, 6) is -2.08. The zero-order valence-corrected chi connectivity index (χ0v) is 17.9. The van der Waals surface area contributed by atoms with Gasteiger partial charge in [0, 0.05) is 22.9 Å². The predicted octanol–water partition coefficient (Wildman–Crippen LogP) is 2.83. The Balaban J connectivity index is 1.43. The molecule has 4 rings (SSSR count). The van der Waals surface area contributed by atoms with Gasteiger partial charge in [0.1, 0.15) is 12.1 Å². The van der Waals surface area contributed by atoms with Crippen LogP contribution in [-0.2, 0) is 9.59 Å². The van der Waals surface area contributed by atoms with Gasteiger partial charge in [-0.1, -0.05) is 30.4 Å². The molecule has 0 aliphatic carbocycles. The third-order valence-corrected chi connectivity index (χ3v) is 6.03. The summed E-state index contributed by atoms with van der Waals surface area (Å²) in [5.41, 5.74) is 1.39. The van der Waals surface area contributed by atoms with Crippen molar-refractivity contribution in [2.75, 3.05) is 5.32 Å². The van der Waals surface area contributed by atoms with E-state index < -0.39 is 24.0 Å². The fourth-order valence-electron chi connectivity index (χ4n) is 4.32. The van der Waals surface area contributed by atoms with Gasteiger partial charge in [-0.2, -0.15) is 0 Å². The lowest BCUT2D eigenvalue weighted by Gasteiger charge is -2.32. The molecule has 3 amide bonds. The molecule has 1 saturated heterocycles. The molecule has 3 N–H and O–H groups in total. The molecule has 0 saturated carbocycles. The number of nitrogens with one attached hydrogen (secondary N) is 2. The molecule has 33 heavy (non-hydrogen) atoms. The minimum Gasteiger partial charge on any atom is -0.480 e. The van der Waals surface area contributed by atoms with Gasteiger partial charge in [0.2, 0.25) is 5.91 Å². The molecule has 0 spiro atoms. The highest BCUT2D eigenvalue weighted by Crippen LogP contribution is 2.29. The van der Waals surface area contributed by atoms with Gasteiger partial charge in [-0.05, 0) is 62.1 Å². The molecule has 8 heteroatoms. The van der Waals surface area contributed by atoms with Crippen molar-refractivity contribution in [3.05, 3.63) is 77.9 Å². The Kier molecular flexibility index (Phi) is 6.53. The largest absolute Gasteiger partial charge is 0.480 e. The van der Waals surface area contributed by atoms with Gasteiger partial charge in [-0.25, -0.2) is 4.79 Å².